The molecule has 1 aliphatic heterocycles. The third-order valence-electron chi connectivity index (χ3n) is 3.78. The minimum absolute atomic E-state index is 0.454. The van der Waals surface area contributed by atoms with Crippen molar-refractivity contribution >= 4 is 0 Å². The number of nitrogens with zero attached hydrogens (tertiary/aromatic N) is 2. The number of ether oxygens (including phenoxy) is 1. The summed E-state index contributed by atoms with van der Waals surface area (Å²) in [7, 11) is 2.38. The topological polar surface area (TPSA) is 137 Å². The summed E-state index contributed by atoms with van der Waals surface area (Å²) in [6.07, 6.45) is -6.89. The lowest BCUT2D eigenvalue weighted by atomic mass is 9.92. The van der Waals surface area contributed by atoms with E-state index in [0.717, 1.165) is 9.13 Å². The lowest BCUT2D eigenvalue weighted by Crippen LogP contribution is -2.55. The molecular formula is C12H17N2O7-. The average molecular weight is 301 g/mol. The normalized spacial score (nSPS) is 33.1. The van der Waals surface area contributed by atoms with Crippen LogP contribution in [0.15, 0.2) is 9.59 Å². The Morgan fingerprint density at radius 1 is 1.05 bits per heavy atom. The molecule has 1 aliphatic rings. The van der Waals surface area contributed by atoms with Gasteiger partial charge in [0.15, 0.2) is 0 Å². The van der Waals surface area contributed by atoms with Gasteiger partial charge in [-0.2, -0.15) is 0 Å². The van der Waals surface area contributed by atoms with Crippen LogP contribution in [0, 0.1) is 0 Å². The van der Waals surface area contributed by atoms with Crippen LogP contribution in [0.2, 0.25) is 0 Å². The van der Waals surface area contributed by atoms with Crippen molar-refractivity contribution in [2.75, 3.05) is 0 Å². The fourth-order valence-corrected chi connectivity index (χ4v) is 2.38. The molecule has 2 rings (SSSR count). The molecule has 0 saturated carbocycles. The van der Waals surface area contributed by atoms with Crippen LogP contribution in [0.1, 0.15) is 18.6 Å². The van der Waals surface area contributed by atoms with Gasteiger partial charge in [0.05, 0.1) is 11.7 Å². The molecule has 118 valence electrons. The second kappa shape index (κ2) is 5.26. The summed E-state index contributed by atoms with van der Waals surface area (Å²) in [6, 6.07) is 0. The third kappa shape index (κ3) is 2.27. The standard InChI is InChI=1S/C12H18N2O7/c1-4-6(15)7(16)8(17)9(21-4)5-10(18)13(2)12(20)14(3)11(5)19/h4,6-9,15-18H,1-3H3/p-1/t4-,6+,7+,8-,9+/m1/s1. The number of aromatic nitrogens is 2. The molecule has 1 aromatic rings. The highest BCUT2D eigenvalue weighted by atomic mass is 16.5. The fourth-order valence-electron chi connectivity index (χ4n) is 2.38. The Kier molecular flexibility index (Phi) is 3.93. The monoisotopic (exact) mass is 301 g/mol. The molecule has 1 saturated heterocycles. The van der Waals surface area contributed by atoms with Crippen LogP contribution >= 0.6 is 0 Å². The summed E-state index contributed by atoms with van der Waals surface area (Å²) in [5, 5.41) is 41.5. The highest BCUT2D eigenvalue weighted by molar-refractivity contribution is 5.26. The van der Waals surface area contributed by atoms with Gasteiger partial charge < -0.3 is 29.7 Å². The predicted molar refractivity (Wildman–Crippen MR) is 67.7 cm³/mol. The molecule has 3 N–H and O–H groups in total. The summed E-state index contributed by atoms with van der Waals surface area (Å²) in [4.78, 5) is 23.8. The highest BCUT2D eigenvalue weighted by Gasteiger charge is 2.43. The van der Waals surface area contributed by atoms with Gasteiger partial charge in [-0.15, -0.1) is 0 Å². The first-order valence-corrected chi connectivity index (χ1v) is 6.35. The maximum Gasteiger partial charge on any atom is 0.329 e. The minimum Gasteiger partial charge on any atom is -0.860 e. The van der Waals surface area contributed by atoms with Crippen LogP contribution < -0.4 is 16.4 Å². The third-order valence-corrected chi connectivity index (χ3v) is 3.78. The maximum atomic E-state index is 12.1. The number of rotatable bonds is 1. The largest absolute Gasteiger partial charge is 0.860 e. The van der Waals surface area contributed by atoms with Crippen molar-refractivity contribution in [1.82, 2.24) is 9.13 Å². The van der Waals surface area contributed by atoms with Gasteiger partial charge in [-0.25, -0.2) is 4.79 Å². The number of aliphatic hydroxyl groups is 3. The molecule has 1 aromatic heterocycles. The average Bonchev–Trinajstić information content (AvgIpc) is 2.46. The van der Waals surface area contributed by atoms with Crippen molar-refractivity contribution < 1.29 is 25.2 Å². The van der Waals surface area contributed by atoms with E-state index >= 15 is 0 Å². The summed E-state index contributed by atoms with van der Waals surface area (Å²) in [5.41, 5.74) is -2.15. The molecule has 0 amide bonds. The first kappa shape index (κ1) is 15.7. The molecule has 0 aromatic carbocycles. The van der Waals surface area contributed by atoms with E-state index in [0.29, 0.717) is 0 Å². The Morgan fingerprint density at radius 3 is 2.19 bits per heavy atom. The van der Waals surface area contributed by atoms with Crippen molar-refractivity contribution in [2.45, 2.75) is 37.4 Å². The second-order valence-corrected chi connectivity index (χ2v) is 5.16. The summed E-state index contributed by atoms with van der Waals surface area (Å²) in [6.45, 7) is 1.43. The van der Waals surface area contributed by atoms with Crippen LogP contribution in [-0.4, -0.2) is 48.9 Å². The van der Waals surface area contributed by atoms with E-state index in [1.165, 1.54) is 21.0 Å². The van der Waals surface area contributed by atoms with E-state index < -0.39 is 53.2 Å². The van der Waals surface area contributed by atoms with Gasteiger partial charge in [0, 0.05) is 14.1 Å². The lowest BCUT2D eigenvalue weighted by molar-refractivity contribution is -0.286. The first-order valence-electron chi connectivity index (χ1n) is 6.35. The van der Waals surface area contributed by atoms with Crippen LogP contribution in [0.25, 0.3) is 0 Å². The van der Waals surface area contributed by atoms with Crippen molar-refractivity contribution in [3.63, 3.8) is 0 Å². The smallest absolute Gasteiger partial charge is 0.329 e. The molecule has 21 heavy (non-hydrogen) atoms. The Hall–Kier alpha value is -1.68. The van der Waals surface area contributed by atoms with E-state index in [1.54, 1.807) is 0 Å². The molecule has 0 aliphatic carbocycles. The maximum absolute atomic E-state index is 12.1. The minimum atomic E-state index is -1.66. The van der Waals surface area contributed by atoms with Crippen molar-refractivity contribution in [2.24, 2.45) is 14.1 Å². The van der Waals surface area contributed by atoms with Gasteiger partial charge in [-0.1, -0.05) is 0 Å². The van der Waals surface area contributed by atoms with E-state index in [1.807, 2.05) is 0 Å². The Morgan fingerprint density at radius 2 is 1.62 bits per heavy atom. The zero-order valence-corrected chi connectivity index (χ0v) is 11.8. The summed E-state index contributed by atoms with van der Waals surface area (Å²) < 4.78 is 6.72. The highest BCUT2D eigenvalue weighted by Crippen LogP contribution is 2.32. The van der Waals surface area contributed by atoms with Crippen molar-refractivity contribution in [1.29, 1.82) is 0 Å². The number of hydrogen-bond acceptors (Lipinski definition) is 7. The SMILES string of the molecule is C[C@H]1O[C@@H](c2c([O-])n(C)c(=O)n(C)c2=O)[C@H](O)[C@@H](O)[C@H]1O. The first-order chi connectivity index (χ1) is 9.68. The van der Waals surface area contributed by atoms with E-state index in [9.17, 15) is 30.0 Å². The fraction of sp³-hybridized carbons (Fsp3) is 0.667. The van der Waals surface area contributed by atoms with Gasteiger partial charge >= 0.3 is 5.69 Å². The molecule has 2 heterocycles. The quantitative estimate of drug-likeness (QED) is 0.494. The summed E-state index contributed by atoms with van der Waals surface area (Å²) in [5.74, 6) is -0.900. The lowest BCUT2D eigenvalue weighted by Gasteiger charge is -2.40. The molecular weight excluding hydrogens is 284 g/mol. The second-order valence-electron chi connectivity index (χ2n) is 5.16. The van der Waals surface area contributed by atoms with Gasteiger partial charge in [0.1, 0.15) is 24.4 Å². The van der Waals surface area contributed by atoms with Crippen molar-refractivity contribution in [3.05, 3.63) is 26.4 Å². The molecule has 1 fully saturated rings. The number of aliphatic hydroxyl groups excluding tert-OH is 3. The van der Waals surface area contributed by atoms with Crippen LogP contribution in [0.3, 0.4) is 0 Å². The molecule has 9 heteroatoms. The zero-order chi connectivity index (χ0) is 16.1. The van der Waals surface area contributed by atoms with Crippen LogP contribution in [0.4, 0.5) is 0 Å². The molecule has 0 unspecified atom stereocenters. The van der Waals surface area contributed by atoms with Crippen LogP contribution in [0.5, 0.6) is 5.88 Å². The predicted octanol–water partition coefficient (Wildman–Crippen LogP) is -3.30. The van der Waals surface area contributed by atoms with Gasteiger partial charge in [-0.3, -0.25) is 9.36 Å². The molecule has 5 atom stereocenters. The molecule has 0 radical (unpaired) electrons. The molecule has 9 nitrogen and oxygen atoms in total. The Labute approximate surface area is 119 Å². The van der Waals surface area contributed by atoms with Crippen LogP contribution in [-0.2, 0) is 18.8 Å². The Bertz CT molecular complexity index is 665. The van der Waals surface area contributed by atoms with Crippen molar-refractivity contribution in [3.8, 4) is 5.88 Å². The van der Waals surface area contributed by atoms with E-state index in [2.05, 4.69) is 0 Å². The molecule has 0 spiro atoms. The van der Waals surface area contributed by atoms with Gasteiger partial charge in [-0.05, 0) is 12.8 Å². The zero-order valence-electron chi connectivity index (χ0n) is 11.8. The van der Waals surface area contributed by atoms with E-state index in [4.69, 9.17) is 4.74 Å². The van der Waals surface area contributed by atoms with E-state index in [-0.39, 0.29) is 0 Å². The number of hydrogen-bond donors (Lipinski definition) is 3. The van der Waals surface area contributed by atoms with Gasteiger partial charge in [0.25, 0.3) is 5.56 Å². The van der Waals surface area contributed by atoms with Gasteiger partial charge in [0.2, 0.25) is 0 Å². The summed E-state index contributed by atoms with van der Waals surface area (Å²) >= 11 is 0. The Balaban J connectivity index is 2.62. The molecule has 0 bridgehead atoms.